The Hall–Kier alpha value is -3.83. The lowest BCUT2D eigenvalue weighted by Crippen LogP contribution is -2.51. The number of nitrogens with zero attached hydrogens (tertiary/aromatic N) is 6. The molecule has 1 amide bonds. The SMILES string of the molecule is C[C@@H]1C[C@H](n2c(CC3CN(C(=O)c4ccccn4)C3)nc3cnc4ccc(C#N)cc4c32)CCO1. The molecule has 0 bridgehead atoms. The minimum absolute atomic E-state index is 0.0205. The van der Waals surface area contributed by atoms with Crippen LogP contribution in [0, 0.1) is 17.2 Å². The summed E-state index contributed by atoms with van der Waals surface area (Å²) in [6.07, 6.45) is 6.28. The maximum absolute atomic E-state index is 12.7. The molecule has 0 aliphatic carbocycles. The number of hydrogen-bond donors (Lipinski definition) is 0. The minimum Gasteiger partial charge on any atom is -0.378 e. The second-order valence-corrected chi connectivity index (χ2v) is 9.59. The molecule has 35 heavy (non-hydrogen) atoms. The van der Waals surface area contributed by atoms with E-state index in [-0.39, 0.29) is 18.1 Å². The molecule has 0 unspecified atom stereocenters. The van der Waals surface area contributed by atoms with Gasteiger partial charge in [0.1, 0.15) is 17.0 Å². The first-order valence-corrected chi connectivity index (χ1v) is 12.1. The summed E-state index contributed by atoms with van der Waals surface area (Å²) >= 11 is 0. The summed E-state index contributed by atoms with van der Waals surface area (Å²) in [5, 5.41) is 10.4. The molecule has 0 radical (unpaired) electrons. The molecule has 2 saturated heterocycles. The summed E-state index contributed by atoms with van der Waals surface area (Å²) in [6.45, 7) is 4.22. The Morgan fingerprint density at radius 2 is 2.09 bits per heavy atom. The van der Waals surface area contributed by atoms with Crippen LogP contribution in [0.3, 0.4) is 0 Å². The zero-order valence-electron chi connectivity index (χ0n) is 19.6. The van der Waals surface area contributed by atoms with E-state index in [1.807, 2.05) is 35.4 Å². The van der Waals surface area contributed by atoms with Crippen LogP contribution < -0.4 is 0 Å². The first-order chi connectivity index (χ1) is 17.1. The molecule has 176 valence electrons. The summed E-state index contributed by atoms with van der Waals surface area (Å²) in [7, 11) is 0. The van der Waals surface area contributed by atoms with Crippen LogP contribution in [0.2, 0.25) is 0 Å². The molecule has 2 aliphatic heterocycles. The van der Waals surface area contributed by atoms with Gasteiger partial charge in [-0.05, 0) is 50.1 Å². The van der Waals surface area contributed by atoms with Crippen LogP contribution in [0.1, 0.15) is 47.7 Å². The molecule has 6 rings (SSSR count). The second kappa shape index (κ2) is 8.75. The van der Waals surface area contributed by atoms with Gasteiger partial charge >= 0.3 is 0 Å². The molecule has 8 nitrogen and oxygen atoms in total. The fraction of sp³-hybridized carbons (Fsp3) is 0.370. The largest absolute Gasteiger partial charge is 0.378 e. The second-order valence-electron chi connectivity index (χ2n) is 9.59. The number of rotatable bonds is 4. The van der Waals surface area contributed by atoms with Crippen LogP contribution >= 0.6 is 0 Å². The molecule has 2 atom stereocenters. The van der Waals surface area contributed by atoms with Crippen LogP contribution in [0.15, 0.2) is 48.8 Å². The van der Waals surface area contributed by atoms with Crippen molar-refractivity contribution in [2.24, 2.45) is 5.92 Å². The van der Waals surface area contributed by atoms with E-state index in [1.165, 1.54) is 0 Å². The monoisotopic (exact) mass is 466 g/mol. The average Bonchev–Trinajstić information content (AvgIpc) is 3.24. The molecule has 0 N–H and O–H groups in total. The highest BCUT2D eigenvalue weighted by Gasteiger charge is 2.34. The van der Waals surface area contributed by atoms with E-state index in [2.05, 4.69) is 27.5 Å². The quantitative estimate of drug-likeness (QED) is 0.452. The Balaban J connectivity index is 1.35. The van der Waals surface area contributed by atoms with Gasteiger partial charge in [-0.15, -0.1) is 0 Å². The zero-order valence-corrected chi connectivity index (χ0v) is 19.6. The van der Waals surface area contributed by atoms with Crippen LogP contribution in [0.25, 0.3) is 21.9 Å². The van der Waals surface area contributed by atoms with Gasteiger partial charge in [-0.25, -0.2) is 4.98 Å². The molecule has 4 aromatic rings. The van der Waals surface area contributed by atoms with E-state index < -0.39 is 0 Å². The van der Waals surface area contributed by atoms with Gasteiger partial charge in [0.2, 0.25) is 0 Å². The summed E-state index contributed by atoms with van der Waals surface area (Å²) in [5.41, 5.74) is 3.86. The Morgan fingerprint density at radius 1 is 1.20 bits per heavy atom. The first-order valence-electron chi connectivity index (χ1n) is 12.1. The molecular formula is C27H26N6O2. The number of carbonyl (C=O) groups is 1. The number of benzene rings is 1. The van der Waals surface area contributed by atoms with Gasteiger partial charge in [0.05, 0.1) is 35.0 Å². The number of ether oxygens (including phenoxy) is 1. The van der Waals surface area contributed by atoms with Crippen molar-refractivity contribution in [1.29, 1.82) is 5.26 Å². The molecule has 0 spiro atoms. The molecular weight excluding hydrogens is 440 g/mol. The van der Waals surface area contributed by atoms with Crippen LogP contribution in [-0.2, 0) is 11.2 Å². The van der Waals surface area contributed by atoms with Crippen molar-refractivity contribution in [2.75, 3.05) is 19.7 Å². The third kappa shape index (κ3) is 3.92. The minimum atomic E-state index is -0.0205. The number of imidazole rings is 1. The van der Waals surface area contributed by atoms with Crippen molar-refractivity contribution >= 4 is 27.8 Å². The Kier molecular flexibility index (Phi) is 5.42. The van der Waals surface area contributed by atoms with Gasteiger partial charge in [0.15, 0.2) is 0 Å². The van der Waals surface area contributed by atoms with E-state index >= 15 is 0 Å². The van der Waals surface area contributed by atoms with Crippen molar-refractivity contribution < 1.29 is 9.53 Å². The summed E-state index contributed by atoms with van der Waals surface area (Å²) < 4.78 is 8.22. The van der Waals surface area contributed by atoms with E-state index in [0.717, 1.165) is 47.0 Å². The van der Waals surface area contributed by atoms with E-state index in [0.29, 0.717) is 36.9 Å². The Labute approximate surface area is 203 Å². The van der Waals surface area contributed by atoms with Crippen molar-refractivity contribution in [3.63, 3.8) is 0 Å². The maximum atomic E-state index is 12.7. The molecule has 3 aromatic heterocycles. The molecule has 0 saturated carbocycles. The first kappa shape index (κ1) is 21.7. The Bertz CT molecular complexity index is 1450. The van der Waals surface area contributed by atoms with E-state index in [1.54, 1.807) is 18.3 Å². The summed E-state index contributed by atoms with van der Waals surface area (Å²) in [5.74, 6) is 1.34. The third-order valence-corrected chi connectivity index (χ3v) is 7.14. The average molecular weight is 467 g/mol. The Morgan fingerprint density at radius 3 is 2.86 bits per heavy atom. The molecule has 5 heterocycles. The number of hydrogen-bond acceptors (Lipinski definition) is 6. The van der Waals surface area contributed by atoms with Crippen LogP contribution in [0.4, 0.5) is 0 Å². The fourth-order valence-electron chi connectivity index (χ4n) is 5.41. The van der Waals surface area contributed by atoms with Gasteiger partial charge in [-0.3, -0.25) is 14.8 Å². The number of nitriles is 1. The van der Waals surface area contributed by atoms with Gasteiger partial charge in [-0.1, -0.05) is 6.07 Å². The van der Waals surface area contributed by atoms with Crippen LogP contribution in [0.5, 0.6) is 0 Å². The van der Waals surface area contributed by atoms with Crippen molar-refractivity contribution in [3.8, 4) is 6.07 Å². The lowest BCUT2D eigenvalue weighted by molar-refractivity contribution is 0.00580. The fourth-order valence-corrected chi connectivity index (χ4v) is 5.41. The van der Waals surface area contributed by atoms with E-state index in [9.17, 15) is 10.1 Å². The maximum Gasteiger partial charge on any atom is 0.272 e. The number of carbonyl (C=O) groups excluding carboxylic acids is 1. The predicted octanol–water partition coefficient (Wildman–Crippen LogP) is 3.91. The number of amides is 1. The van der Waals surface area contributed by atoms with Gasteiger partial charge < -0.3 is 14.2 Å². The molecule has 1 aromatic carbocycles. The molecule has 2 aliphatic rings. The predicted molar refractivity (Wildman–Crippen MR) is 131 cm³/mol. The smallest absolute Gasteiger partial charge is 0.272 e. The summed E-state index contributed by atoms with van der Waals surface area (Å²) in [4.78, 5) is 28.4. The number of pyridine rings is 2. The number of fused-ring (bicyclic) bond motifs is 3. The van der Waals surface area contributed by atoms with Crippen molar-refractivity contribution in [1.82, 2.24) is 24.4 Å². The van der Waals surface area contributed by atoms with Crippen molar-refractivity contribution in [2.45, 2.75) is 38.3 Å². The zero-order chi connectivity index (χ0) is 23.9. The van der Waals surface area contributed by atoms with Crippen LogP contribution in [-0.4, -0.2) is 56.1 Å². The summed E-state index contributed by atoms with van der Waals surface area (Å²) in [6, 6.07) is 13.6. The standard InChI is InChI=1S/C27H26N6O2/c1-17-10-20(7-9-35-17)33-25(12-19-15-32(16-19)27(34)23-4-2-3-8-29-23)31-24-14-30-22-6-5-18(13-28)11-21(22)26(24)33/h2-6,8,11,14,17,19-20H,7,9-10,12,15-16H2,1H3/t17-,20-/m1/s1. The molecule has 8 heteroatoms. The number of aromatic nitrogens is 4. The van der Waals surface area contributed by atoms with Gasteiger partial charge in [0.25, 0.3) is 5.91 Å². The van der Waals surface area contributed by atoms with Gasteiger partial charge in [-0.2, -0.15) is 5.26 Å². The lowest BCUT2D eigenvalue weighted by atomic mass is 9.94. The lowest BCUT2D eigenvalue weighted by Gasteiger charge is -2.39. The highest BCUT2D eigenvalue weighted by atomic mass is 16.5. The van der Waals surface area contributed by atoms with Crippen molar-refractivity contribution in [3.05, 3.63) is 65.9 Å². The third-order valence-electron chi connectivity index (χ3n) is 7.14. The number of likely N-dealkylation sites (tertiary alicyclic amines) is 1. The highest BCUT2D eigenvalue weighted by Crippen LogP contribution is 2.35. The van der Waals surface area contributed by atoms with Gasteiger partial charge in [0, 0.05) is 49.7 Å². The van der Waals surface area contributed by atoms with E-state index in [4.69, 9.17) is 9.72 Å². The molecule has 2 fully saturated rings. The topological polar surface area (TPSA) is 96.9 Å². The highest BCUT2D eigenvalue weighted by molar-refractivity contribution is 6.03. The normalized spacial score (nSPS) is 20.6.